The summed E-state index contributed by atoms with van der Waals surface area (Å²) in [5.74, 6) is -0.414. The van der Waals surface area contributed by atoms with Crippen molar-refractivity contribution >= 4 is 21.6 Å². The lowest BCUT2D eigenvalue weighted by Gasteiger charge is -2.18. The van der Waals surface area contributed by atoms with Gasteiger partial charge in [0.15, 0.2) is 0 Å². The minimum absolute atomic E-state index is 0.232. The number of nitrogens with one attached hydrogen (secondary N) is 1. The van der Waals surface area contributed by atoms with Crippen LogP contribution in [0.25, 0.3) is 0 Å². The average molecular weight is 335 g/mol. The Morgan fingerprint density at radius 3 is 2.76 bits per heavy atom. The monoisotopic (exact) mass is 334 g/mol. The highest BCUT2D eigenvalue weighted by Gasteiger charge is 2.33. The summed E-state index contributed by atoms with van der Waals surface area (Å²) in [5.41, 5.74) is 0.273. The number of hydrogen-bond acceptors (Lipinski definition) is 3. The van der Waals surface area contributed by atoms with Gasteiger partial charge in [0.1, 0.15) is 10.7 Å². The van der Waals surface area contributed by atoms with Gasteiger partial charge in [-0.3, -0.25) is 0 Å². The van der Waals surface area contributed by atoms with Gasteiger partial charge < -0.3 is 5.32 Å². The molecule has 4 nitrogen and oxygen atoms in total. The van der Waals surface area contributed by atoms with E-state index in [1.807, 2.05) is 13.8 Å². The Morgan fingerprint density at radius 1 is 1.48 bits per heavy atom. The maximum atomic E-state index is 14.5. The summed E-state index contributed by atoms with van der Waals surface area (Å²) in [7, 11) is -3.83. The van der Waals surface area contributed by atoms with Crippen LogP contribution >= 0.6 is 11.6 Å². The largest absolute Gasteiger partial charge is 0.313 e. The van der Waals surface area contributed by atoms with E-state index in [4.69, 9.17) is 11.6 Å². The molecule has 1 atom stereocenters. The van der Waals surface area contributed by atoms with E-state index in [0.717, 1.165) is 6.42 Å². The van der Waals surface area contributed by atoms with Gasteiger partial charge in [-0.2, -0.15) is 4.31 Å². The summed E-state index contributed by atoms with van der Waals surface area (Å²) in [5, 5.41) is 3.21. The minimum atomic E-state index is -3.83. The van der Waals surface area contributed by atoms with Crippen LogP contribution < -0.4 is 5.32 Å². The first kappa shape index (κ1) is 16.7. The van der Waals surface area contributed by atoms with Gasteiger partial charge in [0.2, 0.25) is 10.0 Å². The summed E-state index contributed by atoms with van der Waals surface area (Å²) < 4.78 is 41.0. The van der Waals surface area contributed by atoms with Crippen LogP contribution in [0, 0.1) is 11.7 Å². The lowest BCUT2D eigenvalue weighted by Crippen LogP contribution is -2.30. The Balaban J connectivity index is 2.40. The predicted molar refractivity (Wildman–Crippen MR) is 81.3 cm³/mol. The van der Waals surface area contributed by atoms with Crippen molar-refractivity contribution in [3.8, 4) is 0 Å². The van der Waals surface area contributed by atoms with Crippen LogP contribution in [0.5, 0.6) is 0 Å². The van der Waals surface area contributed by atoms with Crippen LogP contribution in [0.2, 0.25) is 5.02 Å². The molecule has 0 radical (unpaired) electrons. The van der Waals surface area contributed by atoms with E-state index in [9.17, 15) is 12.8 Å². The van der Waals surface area contributed by atoms with Gasteiger partial charge in [-0.15, -0.1) is 0 Å². The fourth-order valence-electron chi connectivity index (χ4n) is 2.45. The molecule has 7 heteroatoms. The zero-order valence-electron chi connectivity index (χ0n) is 12.2. The molecule has 21 heavy (non-hydrogen) atoms. The van der Waals surface area contributed by atoms with Crippen molar-refractivity contribution in [1.82, 2.24) is 9.62 Å². The van der Waals surface area contributed by atoms with Gasteiger partial charge in [0, 0.05) is 30.2 Å². The maximum absolute atomic E-state index is 14.5. The van der Waals surface area contributed by atoms with E-state index in [2.05, 4.69) is 5.32 Å². The Bertz CT molecular complexity index is 622. The van der Waals surface area contributed by atoms with Crippen LogP contribution in [0.4, 0.5) is 4.39 Å². The van der Waals surface area contributed by atoms with Gasteiger partial charge in [-0.25, -0.2) is 12.8 Å². The lowest BCUT2D eigenvalue weighted by atomic mass is 10.2. The van der Waals surface area contributed by atoms with E-state index >= 15 is 0 Å². The third-order valence-electron chi connectivity index (χ3n) is 3.65. The first-order valence-corrected chi connectivity index (χ1v) is 8.86. The second-order valence-electron chi connectivity index (χ2n) is 5.41. The lowest BCUT2D eigenvalue weighted by molar-refractivity contribution is 0.456. The molecule has 0 saturated carbocycles. The molecular formula is C14H20ClFN2O2S. The molecule has 1 heterocycles. The Kier molecular flexibility index (Phi) is 5.24. The van der Waals surface area contributed by atoms with Crippen LogP contribution in [0.15, 0.2) is 17.0 Å². The molecule has 0 spiro atoms. The molecule has 1 fully saturated rings. The first-order chi connectivity index (χ1) is 9.86. The van der Waals surface area contributed by atoms with Crippen molar-refractivity contribution in [2.75, 3.05) is 19.6 Å². The first-order valence-electron chi connectivity index (χ1n) is 7.05. The molecule has 1 aromatic carbocycles. The highest BCUT2D eigenvalue weighted by atomic mass is 35.5. The molecule has 1 aliphatic rings. The van der Waals surface area contributed by atoms with E-state index in [1.54, 1.807) is 0 Å². The number of rotatable bonds is 5. The number of halogens is 2. The topological polar surface area (TPSA) is 49.4 Å². The van der Waals surface area contributed by atoms with Gasteiger partial charge in [-0.05, 0) is 31.0 Å². The minimum Gasteiger partial charge on any atom is -0.313 e. The van der Waals surface area contributed by atoms with E-state index in [1.165, 1.54) is 16.4 Å². The molecule has 2 rings (SSSR count). The van der Waals surface area contributed by atoms with E-state index < -0.39 is 15.8 Å². The van der Waals surface area contributed by atoms with Crippen LogP contribution in [0.1, 0.15) is 25.8 Å². The normalized spacial score (nSPS) is 20.1. The van der Waals surface area contributed by atoms with Crippen molar-refractivity contribution in [2.45, 2.75) is 31.7 Å². The Hall–Kier alpha value is -0.690. The highest BCUT2D eigenvalue weighted by molar-refractivity contribution is 7.89. The Labute approximate surface area is 130 Å². The second-order valence-corrected chi connectivity index (χ2v) is 7.76. The number of hydrogen-bond donors (Lipinski definition) is 1. The molecule has 1 saturated heterocycles. The third kappa shape index (κ3) is 3.56. The van der Waals surface area contributed by atoms with Gasteiger partial charge in [0.25, 0.3) is 0 Å². The van der Waals surface area contributed by atoms with Crippen LogP contribution in [-0.4, -0.2) is 32.4 Å². The molecule has 0 aromatic heterocycles. The highest BCUT2D eigenvalue weighted by Crippen LogP contribution is 2.29. The second kappa shape index (κ2) is 6.60. The van der Waals surface area contributed by atoms with Crippen molar-refractivity contribution in [2.24, 2.45) is 5.92 Å². The number of nitrogens with zero attached hydrogens (tertiary/aromatic N) is 1. The summed E-state index contributed by atoms with van der Waals surface area (Å²) in [6, 6.07) is 2.66. The standard InChI is InChI=1S/C14H20ClFN2O2S/c1-3-17-8-11-6-12(15)7-13(14(11)16)21(19,20)18-5-4-10(2)9-18/h6-7,10,17H,3-5,8-9H2,1-2H3. The van der Waals surface area contributed by atoms with Crippen LogP contribution in [-0.2, 0) is 16.6 Å². The Morgan fingerprint density at radius 2 is 2.19 bits per heavy atom. The molecular weight excluding hydrogens is 315 g/mol. The van der Waals surface area contributed by atoms with Gasteiger partial charge in [-0.1, -0.05) is 25.4 Å². The summed E-state index contributed by atoms with van der Waals surface area (Å²) >= 11 is 5.96. The fourth-order valence-corrected chi connectivity index (χ4v) is 4.46. The molecule has 118 valence electrons. The molecule has 1 aliphatic heterocycles. The zero-order chi connectivity index (χ0) is 15.6. The maximum Gasteiger partial charge on any atom is 0.246 e. The zero-order valence-corrected chi connectivity index (χ0v) is 13.8. The van der Waals surface area contributed by atoms with Crippen molar-refractivity contribution < 1.29 is 12.8 Å². The number of benzene rings is 1. The summed E-state index contributed by atoms with van der Waals surface area (Å²) in [4.78, 5) is -0.322. The van der Waals surface area contributed by atoms with Crippen molar-refractivity contribution in [3.05, 3.63) is 28.5 Å². The van der Waals surface area contributed by atoms with Gasteiger partial charge >= 0.3 is 0 Å². The predicted octanol–water partition coefficient (Wildman–Crippen LogP) is 2.62. The smallest absolute Gasteiger partial charge is 0.246 e. The molecule has 0 amide bonds. The molecule has 1 N–H and O–H groups in total. The van der Waals surface area contributed by atoms with Crippen molar-refractivity contribution in [1.29, 1.82) is 0 Å². The molecule has 0 aliphatic carbocycles. The third-order valence-corrected chi connectivity index (χ3v) is 5.73. The SMILES string of the molecule is CCNCc1cc(Cl)cc(S(=O)(=O)N2CCC(C)C2)c1F. The van der Waals surface area contributed by atoms with Gasteiger partial charge in [0.05, 0.1) is 0 Å². The van der Waals surface area contributed by atoms with Crippen LogP contribution in [0.3, 0.4) is 0 Å². The quantitative estimate of drug-likeness (QED) is 0.900. The summed E-state index contributed by atoms with van der Waals surface area (Å²) in [6.07, 6.45) is 0.797. The fraction of sp³-hybridized carbons (Fsp3) is 0.571. The van der Waals surface area contributed by atoms with E-state index in [-0.39, 0.29) is 22.0 Å². The number of sulfonamides is 1. The molecule has 1 aromatic rings. The summed E-state index contributed by atoms with van der Waals surface area (Å²) in [6.45, 7) is 5.65. The van der Waals surface area contributed by atoms with E-state index in [0.29, 0.717) is 25.6 Å². The molecule has 0 bridgehead atoms. The van der Waals surface area contributed by atoms with Crippen molar-refractivity contribution in [3.63, 3.8) is 0 Å². The molecule has 1 unspecified atom stereocenters. The average Bonchev–Trinajstić information content (AvgIpc) is 2.86.